The van der Waals surface area contributed by atoms with Crippen molar-refractivity contribution < 1.29 is 5.11 Å². The lowest BCUT2D eigenvalue weighted by Gasteiger charge is -2.08. The summed E-state index contributed by atoms with van der Waals surface area (Å²) in [4.78, 5) is 4.39. The summed E-state index contributed by atoms with van der Waals surface area (Å²) >= 11 is 0. The molecule has 0 saturated carbocycles. The molecule has 2 rings (SSSR count). The van der Waals surface area contributed by atoms with Crippen LogP contribution in [0, 0.1) is 0 Å². The monoisotopic (exact) mass is 239 g/mol. The smallest absolute Gasteiger partial charge is 0.124 e. The number of hydrogen-bond acceptors (Lipinski definition) is 2. The van der Waals surface area contributed by atoms with Crippen molar-refractivity contribution in [3.63, 3.8) is 0 Å². The first-order valence-corrected chi connectivity index (χ1v) is 6.10. The molecule has 0 bridgehead atoms. The molecule has 0 fully saturated rings. The third kappa shape index (κ3) is 3.20. The van der Waals surface area contributed by atoms with E-state index in [9.17, 15) is 5.11 Å². The highest BCUT2D eigenvalue weighted by atomic mass is 16.3. The van der Waals surface area contributed by atoms with Gasteiger partial charge in [0.15, 0.2) is 0 Å². The Morgan fingerprint density at radius 3 is 2.44 bits per heavy atom. The van der Waals surface area contributed by atoms with Crippen LogP contribution in [0.4, 0.5) is 0 Å². The minimum absolute atomic E-state index is 0.272. The Kier molecular flexibility index (Phi) is 4.13. The van der Waals surface area contributed by atoms with Gasteiger partial charge in [-0.3, -0.25) is 4.99 Å². The van der Waals surface area contributed by atoms with Crippen LogP contribution in [0.15, 0.2) is 59.6 Å². The predicted octanol–water partition coefficient (Wildman–Crippen LogP) is 3.61. The van der Waals surface area contributed by atoms with Gasteiger partial charge in [0, 0.05) is 24.2 Å². The molecule has 0 aliphatic carbocycles. The summed E-state index contributed by atoms with van der Waals surface area (Å²) < 4.78 is 0. The lowest BCUT2D eigenvalue weighted by atomic mass is 10.0. The van der Waals surface area contributed by atoms with Crippen molar-refractivity contribution in [3.8, 4) is 5.75 Å². The summed E-state index contributed by atoms with van der Waals surface area (Å²) in [6.07, 6.45) is 1.73. The predicted molar refractivity (Wildman–Crippen MR) is 75.4 cm³/mol. The molecule has 0 aliphatic rings. The maximum atomic E-state index is 9.60. The summed E-state index contributed by atoms with van der Waals surface area (Å²) in [7, 11) is 0. The van der Waals surface area contributed by atoms with Crippen LogP contribution in [-0.4, -0.2) is 17.9 Å². The van der Waals surface area contributed by atoms with Crippen LogP contribution in [0.3, 0.4) is 0 Å². The standard InChI is InChI=1S/C16H17NO/c1-13(14-7-3-2-4-8-14)11-17-12-15-9-5-6-10-16(15)18/h2-10,12-13,18H,11H2,1H3. The van der Waals surface area contributed by atoms with Gasteiger partial charge in [-0.2, -0.15) is 0 Å². The molecule has 0 spiro atoms. The zero-order valence-corrected chi connectivity index (χ0v) is 10.5. The number of hydrogen-bond donors (Lipinski definition) is 1. The highest BCUT2D eigenvalue weighted by Crippen LogP contribution is 2.16. The number of phenolic OH excluding ortho intramolecular Hbond substituents is 1. The molecule has 0 heterocycles. The zero-order chi connectivity index (χ0) is 12.8. The number of benzene rings is 2. The van der Waals surface area contributed by atoms with E-state index in [1.165, 1.54) is 5.56 Å². The largest absolute Gasteiger partial charge is 0.507 e. The lowest BCUT2D eigenvalue weighted by Crippen LogP contribution is -1.97. The first-order chi connectivity index (χ1) is 8.77. The van der Waals surface area contributed by atoms with Gasteiger partial charge in [-0.15, -0.1) is 0 Å². The molecule has 0 amide bonds. The third-order valence-corrected chi connectivity index (χ3v) is 2.92. The van der Waals surface area contributed by atoms with Gasteiger partial charge in [-0.1, -0.05) is 49.4 Å². The Balaban J connectivity index is 1.98. The SMILES string of the molecule is CC(CN=Cc1ccccc1O)c1ccccc1. The molecule has 0 aliphatic heterocycles. The maximum Gasteiger partial charge on any atom is 0.124 e. The first-order valence-electron chi connectivity index (χ1n) is 6.10. The van der Waals surface area contributed by atoms with Gasteiger partial charge in [-0.05, 0) is 17.7 Å². The Labute approximate surface area is 108 Å². The minimum Gasteiger partial charge on any atom is -0.507 e. The van der Waals surface area contributed by atoms with E-state index in [-0.39, 0.29) is 5.75 Å². The lowest BCUT2D eigenvalue weighted by molar-refractivity contribution is 0.474. The van der Waals surface area contributed by atoms with Gasteiger partial charge in [0.1, 0.15) is 5.75 Å². The van der Waals surface area contributed by atoms with E-state index in [0.29, 0.717) is 5.92 Å². The van der Waals surface area contributed by atoms with Crippen molar-refractivity contribution in [2.75, 3.05) is 6.54 Å². The van der Waals surface area contributed by atoms with Crippen LogP contribution >= 0.6 is 0 Å². The number of aromatic hydroxyl groups is 1. The molecule has 1 unspecified atom stereocenters. The van der Waals surface area contributed by atoms with Crippen molar-refractivity contribution in [1.82, 2.24) is 0 Å². The van der Waals surface area contributed by atoms with Gasteiger partial charge in [0.2, 0.25) is 0 Å². The van der Waals surface area contributed by atoms with E-state index in [1.54, 1.807) is 18.3 Å². The molecule has 2 heteroatoms. The molecular weight excluding hydrogens is 222 g/mol. The molecule has 0 aromatic heterocycles. The van der Waals surface area contributed by atoms with Crippen molar-refractivity contribution in [1.29, 1.82) is 0 Å². The topological polar surface area (TPSA) is 32.6 Å². The average molecular weight is 239 g/mol. The number of para-hydroxylation sites is 1. The van der Waals surface area contributed by atoms with Crippen LogP contribution in [0.2, 0.25) is 0 Å². The van der Waals surface area contributed by atoms with E-state index >= 15 is 0 Å². The molecule has 0 radical (unpaired) electrons. The van der Waals surface area contributed by atoms with Crippen molar-refractivity contribution in [3.05, 3.63) is 65.7 Å². The number of aliphatic imine (C=N–C) groups is 1. The second kappa shape index (κ2) is 6.01. The summed E-state index contributed by atoms with van der Waals surface area (Å²) in [6, 6.07) is 17.5. The van der Waals surface area contributed by atoms with E-state index in [1.807, 2.05) is 30.3 Å². The van der Waals surface area contributed by atoms with E-state index in [0.717, 1.165) is 12.1 Å². The van der Waals surface area contributed by atoms with E-state index < -0.39 is 0 Å². The number of rotatable bonds is 4. The summed E-state index contributed by atoms with van der Waals surface area (Å²) in [5.74, 6) is 0.655. The molecular formula is C16H17NO. The Bertz CT molecular complexity index is 520. The van der Waals surface area contributed by atoms with Crippen LogP contribution in [0.1, 0.15) is 24.0 Å². The fourth-order valence-corrected chi connectivity index (χ4v) is 1.79. The molecule has 92 valence electrons. The van der Waals surface area contributed by atoms with Gasteiger partial charge in [0.05, 0.1) is 0 Å². The van der Waals surface area contributed by atoms with Crippen molar-refractivity contribution in [2.45, 2.75) is 12.8 Å². The maximum absolute atomic E-state index is 9.60. The molecule has 1 N–H and O–H groups in total. The van der Waals surface area contributed by atoms with Gasteiger partial charge < -0.3 is 5.11 Å². The minimum atomic E-state index is 0.272. The molecule has 2 aromatic carbocycles. The second-order valence-corrected chi connectivity index (χ2v) is 4.36. The molecule has 18 heavy (non-hydrogen) atoms. The summed E-state index contributed by atoms with van der Waals surface area (Å²) in [5, 5.41) is 9.60. The fraction of sp³-hybridized carbons (Fsp3) is 0.188. The molecule has 2 aromatic rings. The van der Waals surface area contributed by atoms with Crippen molar-refractivity contribution >= 4 is 6.21 Å². The number of phenols is 1. The van der Waals surface area contributed by atoms with Gasteiger partial charge in [0.25, 0.3) is 0 Å². The fourth-order valence-electron chi connectivity index (χ4n) is 1.79. The zero-order valence-electron chi connectivity index (χ0n) is 10.5. The molecule has 0 saturated heterocycles. The van der Waals surface area contributed by atoms with Crippen LogP contribution in [0.25, 0.3) is 0 Å². The summed E-state index contributed by atoms with van der Waals surface area (Å²) in [5.41, 5.74) is 2.05. The molecule has 1 atom stereocenters. The van der Waals surface area contributed by atoms with E-state index in [2.05, 4.69) is 24.0 Å². The number of nitrogens with zero attached hydrogens (tertiary/aromatic N) is 1. The quantitative estimate of drug-likeness (QED) is 0.812. The van der Waals surface area contributed by atoms with Gasteiger partial charge >= 0.3 is 0 Å². The normalized spacial score (nSPS) is 12.7. The summed E-state index contributed by atoms with van der Waals surface area (Å²) in [6.45, 7) is 2.87. The third-order valence-electron chi connectivity index (χ3n) is 2.92. The average Bonchev–Trinajstić information content (AvgIpc) is 2.42. The van der Waals surface area contributed by atoms with Crippen LogP contribution in [0.5, 0.6) is 5.75 Å². The Morgan fingerprint density at radius 2 is 1.72 bits per heavy atom. The molecule has 2 nitrogen and oxygen atoms in total. The van der Waals surface area contributed by atoms with E-state index in [4.69, 9.17) is 0 Å². The Morgan fingerprint density at radius 1 is 1.06 bits per heavy atom. The first kappa shape index (κ1) is 12.4. The highest BCUT2D eigenvalue weighted by molar-refractivity contribution is 5.83. The van der Waals surface area contributed by atoms with Crippen LogP contribution in [-0.2, 0) is 0 Å². The van der Waals surface area contributed by atoms with Crippen LogP contribution < -0.4 is 0 Å². The highest BCUT2D eigenvalue weighted by Gasteiger charge is 2.02. The Hall–Kier alpha value is -2.09. The van der Waals surface area contributed by atoms with Gasteiger partial charge in [-0.25, -0.2) is 0 Å². The van der Waals surface area contributed by atoms with Crippen molar-refractivity contribution in [2.24, 2.45) is 4.99 Å². The second-order valence-electron chi connectivity index (χ2n) is 4.36.